The lowest BCUT2D eigenvalue weighted by molar-refractivity contribution is -0.121. The van der Waals surface area contributed by atoms with Crippen LogP contribution in [0.25, 0.3) is 0 Å². The number of amides is 3. The van der Waals surface area contributed by atoms with E-state index in [-0.39, 0.29) is 30.7 Å². The SMILES string of the molecule is CC(=O)Nc1cccc(N(CCC(=O)NCc2ccco2)C(C)=O)c1. The van der Waals surface area contributed by atoms with Crippen molar-refractivity contribution in [2.24, 2.45) is 0 Å². The molecule has 0 radical (unpaired) electrons. The zero-order valence-electron chi connectivity index (χ0n) is 14.2. The van der Waals surface area contributed by atoms with Crippen LogP contribution in [0.3, 0.4) is 0 Å². The number of furan rings is 1. The van der Waals surface area contributed by atoms with Gasteiger partial charge in [0, 0.05) is 38.2 Å². The summed E-state index contributed by atoms with van der Waals surface area (Å²) in [4.78, 5) is 36.5. The van der Waals surface area contributed by atoms with Crippen LogP contribution in [0.4, 0.5) is 11.4 Å². The second-order valence-corrected chi connectivity index (χ2v) is 5.51. The highest BCUT2D eigenvalue weighted by Crippen LogP contribution is 2.20. The van der Waals surface area contributed by atoms with Crippen LogP contribution < -0.4 is 15.5 Å². The van der Waals surface area contributed by atoms with E-state index in [1.54, 1.807) is 42.7 Å². The lowest BCUT2D eigenvalue weighted by Crippen LogP contribution is -2.33. The molecule has 2 aromatic rings. The van der Waals surface area contributed by atoms with E-state index in [4.69, 9.17) is 4.42 Å². The van der Waals surface area contributed by atoms with E-state index in [9.17, 15) is 14.4 Å². The maximum atomic E-state index is 12.0. The van der Waals surface area contributed by atoms with Crippen molar-refractivity contribution in [1.82, 2.24) is 5.32 Å². The molecule has 0 fully saturated rings. The van der Waals surface area contributed by atoms with Gasteiger partial charge in [-0.15, -0.1) is 0 Å². The van der Waals surface area contributed by atoms with Crippen molar-refractivity contribution in [2.45, 2.75) is 26.8 Å². The molecule has 1 aromatic heterocycles. The van der Waals surface area contributed by atoms with Crippen LogP contribution in [0.1, 0.15) is 26.0 Å². The third-order valence-corrected chi connectivity index (χ3v) is 3.46. The van der Waals surface area contributed by atoms with E-state index < -0.39 is 0 Å². The van der Waals surface area contributed by atoms with Crippen LogP contribution in [0.2, 0.25) is 0 Å². The highest BCUT2D eigenvalue weighted by atomic mass is 16.3. The Labute approximate surface area is 146 Å². The Morgan fingerprint density at radius 3 is 2.56 bits per heavy atom. The van der Waals surface area contributed by atoms with E-state index in [2.05, 4.69) is 10.6 Å². The number of carbonyl (C=O) groups excluding carboxylic acids is 3. The van der Waals surface area contributed by atoms with Crippen LogP contribution in [0.15, 0.2) is 47.1 Å². The quantitative estimate of drug-likeness (QED) is 0.807. The molecule has 0 spiro atoms. The number of benzene rings is 1. The smallest absolute Gasteiger partial charge is 0.223 e. The lowest BCUT2D eigenvalue weighted by Gasteiger charge is -2.21. The van der Waals surface area contributed by atoms with E-state index >= 15 is 0 Å². The van der Waals surface area contributed by atoms with Gasteiger partial charge in [0.2, 0.25) is 17.7 Å². The molecule has 0 saturated heterocycles. The zero-order valence-corrected chi connectivity index (χ0v) is 14.2. The average molecular weight is 343 g/mol. The van der Waals surface area contributed by atoms with Gasteiger partial charge in [-0.05, 0) is 30.3 Å². The van der Waals surface area contributed by atoms with Gasteiger partial charge in [0.05, 0.1) is 12.8 Å². The number of carbonyl (C=O) groups is 3. The van der Waals surface area contributed by atoms with Crippen molar-refractivity contribution in [3.05, 3.63) is 48.4 Å². The third-order valence-electron chi connectivity index (χ3n) is 3.46. The van der Waals surface area contributed by atoms with Crippen molar-refractivity contribution < 1.29 is 18.8 Å². The molecule has 25 heavy (non-hydrogen) atoms. The zero-order chi connectivity index (χ0) is 18.2. The minimum atomic E-state index is -0.191. The monoisotopic (exact) mass is 343 g/mol. The summed E-state index contributed by atoms with van der Waals surface area (Å²) in [5.74, 6) is 0.114. The standard InChI is InChI=1S/C18H21N3O4/c1-13(22)20-15-5-3-6-16(11-15)21(14(2)23)9-8-18(24)19-12-17-7-4-10-25-17/h3-7,10-11H,8-9,12H2,1-2H3,(H,19,24)(H,20,22). The molecule has 2 rings (SSSR count). The largest absolute Gasteiger partial charge is 0.467 e. The summed E-state index contributed by atoms with van der Waals surface area (Å²) in [5, 5.41) is 5.41. The molecule has 132 valence electrons. The molecule has 7 nitrogen and oxygen atoms in total. The Bertz CT molecular complexity index is 741. The maximum Gasteiger partial charge on any atom is 0.223 e. The second kappa shape index (κ2) is 8.68. The summed E-state index contributed by atoms with van der Waals surface area (Å²) < 4.78 is 5.15. The average Bonchev–Trinajstić information content (AvgIpc) is 3.06. The lowest BCUT2D eigenvalue weighted by atomic mass is 10.2. The van der Waals surface area contributed by atoms with Gasteiger partial charge in [-0.3, -0.25) is 14.4 Å². The molecular formula is C18H21N3O4. The Balaban J connectivity index is 1.95. The van der Waals surface area contributed by atoms with Gasteiger partial charge in [0.1, 0.15) is 5.76 Å². The first kappa shape index (κ1) is 18.3. The number of anilines is 2. The molecule has 2 N–H and O–H groups in total. The van der Waals surface area contributed by atoms with Gasteiger partial charge in [0.25, 0.3) is 0 Å². The van der Waals surface area contributed by atoms with Crippen LogP contribution in [0.5, 0.6) is 0 Å². The van der Waals surface area contributed by atoms with Crippen LogP contribution in [-0.4, -0.2) is 24.3 Å². The minimum absolute atomic E-state index is 0.157. The molecule has 1 heterocycles. The Kier molecular flexibility index (Phi) is 6.33. The Hall–Kier alpha value is -3.09. The van der Waals surface area contributed by atoms with E-state index in [0.717, 1.165) is 0 Å². The highest BCUT2D eigenvalue weighted by molar-refractivity contribution is 5.94. The Morgan fingerprint density at radius 2 is 1.92 bits per heavy atom. The Morgan fingerprint density at radius 1 is 1.12 bits per heavy atom. The molecule has 0 aliphatic heterocycles. The summed E-state index contributed by atoms with van der Waals surface area (Å²) in [6.07, 6.45) is 1.70. The number of hydrogen-bond donors (Lipinski definition) is 2. The van der Waals surface area contributed by atoms with Crippen molar-refractivity contribution in [3.8, 4) is 0 Å². The second-order valence-electron chi connectivity index (χ2n) is 5.51. The van der Waals surface area contributed by atoms with E-state index in [1.807, 2.05) is 0 Å². The fraction of sp³-hybridized carbons (Fsp3) is 0.278. The first-order chi connectivity index (χ1) is 12.0. The highest BCUT2D eigenvalue weighted by Gasteiger charge is 2.14. The molecule has 0 aliphatic carbocycles. The van der Waals surface area contributed by atoms with Crippen molar-refractivity contribution in [1.29, 1.82) is 0 Å². The van der Waals surface area contributed by atoms with Gasteiger partial charge in [-0.25, -0.2) is 0 Å². The minimum Gasteiger partial charge on any atom is -0.467 e. The fourth-order valence-corrected chi connectivity index (χ4v) is 2.32. The maximum absolute atomic E-state index is 12.0. The first-order valence-corrected chi connectivity index (χ1v) is 7.90. The van der Waals surface area contributed by atoms with Crippen LogP contribution in [-0.2, 0) is 20.9 Å². The topological polar surface area (TPSA) is 91.7 Å². The van der Waals surface area contributed by atoms with Crippen LogP contribution in [0, 0.1) is 0 Å². The van der Waals surface area contributed by atoms with Gasteiger partial charge in [-0.2, -0.15) is 0 Å². The van der Waals surface area contributed by atoms with Crippen molar-refractivity contribution >= 4 is 29.1 Å². The molecule has 0 aliphatic rings. The number of hydrogen-bond acceptors (Lipinski definition) is 4. The molecule has 0 saturated carbocycles. The fourth-order valence-electron chi connectivity index (χ4n) is 2.32. The summed E-state index contributed by atoms with van der Waals surface area (Å²) in [6.45, 7) is 3.40. The molecular weight excluding hydrogens is 322 g/mol. The predicted octanol–water partition coefficient (Wildman–Crippen LogP) is 2.30. The van der Waals surface area contributed by atoms with Gasteiger partial charge >= 0.3 is 0 Å². The number of nitrogens with zero attached hydrogens (tertiary/aromatic N) is 1. The van der Waals surface area contributed by atoms with Gasteiger partial charge in [-0.1, -0.05) is 6.07 Å². The summed E-state index contributed by atoms with van der Waals surface area (Å²) in [7, 11) is 0. The summed E-state index contributed by atoms with van der Waals surface area (Å²) >= 11 is 0. The predicted molar refractivity (Wildman–Crippen MR) is 93.9 cm³/mol. The summed E-state index contributed by atoms with van der Waals surface area (Å²) in [5.41, 5.74) is 1.22. The van der Waals surface area contributed by atoms with Crippen molar-refractivity contribution in [2.75, 3.05) is 16.8 Å². The van der Waals surface area contributed by atoms with Gasteiger partial charge in [0.15, 0.2) is 0 Å². The first-order valence-electron chi connectivity index (χ1n) is 7.90. The van der Waals surface area contributed by atoms with E-state index in [0.29, 0.717) is 23.7 Å². The van der Waals surface area contributed by atoms with Crippen molar-refractivity contribution in [3.63, 3.8) is 0 Å². The molecule has 7 heteroatoms. The molecule has 0 bridgehead atoms. The normalized spacial score (nSPS) is 10.2. The number of rotatable bonds is 7. The molecule has 0 atom stereocenters. The van der Waals surface area contributed by atoms with Crippen LogP contribution >= 0.6 is 0 Å². The number of nitrogens with one attached hydrogen (secondary N) is 2. The summed E-state index contributed by atoms with van der Waals surface area (Å²) in [6, 6.07) is 10.5. The molecule has 0 unspecified atom stereocenters. The van der Waals surface area contributed by atoms with Gasteiger partial charge < -0.3 is 20.0 Å². The van der Waals surface area contributed by atoms with E-state index in [1.165, 1.54) is 18.7 Å². The molecule has 1 aromatic carbocycles. The third kappa shape index (κ3) is 5.80. The molecule has 3 amide bonds.